The second-order valence-electron chi connectivity index (χ2n) is 7.38. The Labute approximate surface area is 145 Å². The topological polar surface area (TPSA) is 69.6 Å². The van der Waals surface area contributed by atoms with Gasteiger partial charge in [-0.2, -0.15) is 5.10 Å². The van der Waals surface area contributed by atoms with E-state index in [4.69, 9.17) is 27.4 Å². The molecule has 6 heteroatoms. The number of fused-ring (bicyclic) bond motifs is 1. The lowest BCUT2D eigenvalue weighted by Gasteiger charge is -2.20. The minimum atomic E-state index is -0.204. The third-order valence-electron chi connectivity index (χ3n) is 4.27. The van der Waals surface area contributed by atoms with Crippen molar-refractivity contribution in [2.75, 3.05) is 5.73 Å². The highest BCUT2D eigenvalue weighted by Crippen LogP contribution is 2.41. The summed E-state index contributed by atoms with van der Waals surface area (Å²) in [6.07, 6.45) is 2.28. The molecule has 124 valence electrons. The molecule has 4 rings (SSSR count). The van der Waals surface area contributed by atoms with E-state index in [2.05, 4.69) is 25.8 Å². The van der Waals surface area contributed by atoms with Crippen LogP contribution in [0.15, 0.2) is 24.3 Å². The minimum Gasteiger partial charge on any atom is -0.383 e. The Morgan fingerprint density at radius 1 is 1.12 bits per heavy atom. The summed E-state index contributed by atoms with van der Waals surface area (Å²) >= 11 is 6.01. The normalized spacial score (nSPS) is 15.2. The van der Waals surface area contributed by atoms with E-state index in [1.54, 1.807) is 0 Å². The van der Waals surface area contributed by atoms with Crippen molar-refractivity contribution in [1.82, 2.24) is 19.7 Å². The van der Waals surface area contributed by atoms with Crippen molar-refractivity contribution in [1.29, 1.82) is 0 Å². The summed E-state index contributed by atoms with van der Waals surface area (Å²) in [7, 11) is 0. The standard InChI is InChI=1S/C18H20ClN5/c1-18(2,3)24-17-13(15(20)21-16(22-17)11-4-5-11)14(23-24)10-6-8-12(19)9-7-10/h6-9,11H,4-5H2,1-3H3,(H2,20,21,22). The van der Waals surface area contributed by atoms with E-state index in [0.29, 0.717) is 16.8 Å². The maximum absolute atomic E-state index is 6.32. The lowest BCUT2D eigenvalue weighted by molar-refractivity contribution is 0.366. The molecule has 5 nitrogen and oxygen atoms in total. The molecule has 0 unspecified atom stereocenters. The number of halogens is 1. The van der Waals surface area contributed by atoms with Crippen molar-refractivity contribution in [3.05, 3.63) is 35.1 Å². The molecular weight excluding hydrogens is 322 g/mol. The van der Waals surface area contributed by atoms with Gasteiger partial charge < -0.3 is 5.73 Å². The second-order valence-corrected chi connectivity index (χ2v) is 7.81. The lowest BCUT2D eigenvalue weighted by Crippen LogP contribution is -2.23. The van der Waals surface area contributed by atoms with Gasteiger partial charge in [-0.25, -0.2) is 14.6 Å². The zero-order valence-electron chi connectivity index (χ0n) is 14.0. The molecule has 2 heterocycles. The molecule has 0 amide bonds. The highest BCUT2D eigenvalue weighted by molar-refractivity contribution is 6.30. The van der Waals surface area contributed by atoms with Crippen LogP contribution >= 0.6 is 11.6 Å². The summed E-state index contributed by atoms with van der Waals surface area (Å²) < 4.78 is 1.95. The molecule has 0 spiro atoms. The first-order chi connectivity index (χ1) is 11.3. The van der Waals surface area contributed by atoms with Gasteiger partial charge in [-0.05, 0) is 45.7 Å². The van der Waals surface area contributed by atoms with E-state index in [9.17, 15) is 0 Å². The van der Waals surface area contributed by atoms with Crippen LogP contribution < -0.4 is 5.73 Å². The lowest BCUT2D eigenvalue weighted by atomic mass is 10.1. The van der Waals surface area contributed by atoms with Crippen molar-refractivity contribution in [3.63, 3.8) is 0 Å². The fourth-order valence-corrected chi connectivity index (χ4v) is 2.99. The van der Waals surface area contributed by atoms with Crippen LogP contribution in [-0.2, 0) is 5.54 Å². The van der Waals surface area contributed by atoms with Crippen molar-refractivity contribution in [2.24, 2.45) is 0 Å². The molecule has 0 atom stereocenters. The Morgan fingerprint density at radius 2 is 1.79 bits per heavy atom. The number of anilines is 1. The quantitative estimate of drug-likeness (QED) is 0.751. The van der Waals surface area contributed by atoms with Crippen molar-refractivity contribution in [2.45, 2.75) is 45.1 Å². The Balaban J connectivity index is 2.02. The van der Waals surface area contributed by atoms with E-state index < -0.39 is 0 Å². The molecule has 0 aliphatic heterocycles. The third-order valence-corrected chi connectivity index (χ3v) is 4.52. The van der Waals surface area contributed by atoms with Gasteiger partial charge in [-0.15, -0.1) is 0 Å². The molecule has 0 saturated heterocycles. The number of rotatable bonds is 2. The van der Waals surface area contributed by atoms with Crippen LogP contribution in [-0.4, -0.2) is 19.7 Å². The number of nitrogens with two attached hydrogens (primary N) is 1. The van der Waals surface area contributed by atoms with E-state index in [0.717, 1.165) is 41.0 Å². The molecule has 2 aromatic heterocycles. The van der Waals surface area contributed by atoms with Gasteiger partial charge in [0.25, 0.3) is 0 Å². The summed E-state index contributed by atoms with van der Waals surface area (Å²) in [5.41, 5.74) is 8.68. The molecule has 1 fully saturated rings. The van der Waals surface area contributed by atoms with E-state index in [-0.39, 0.29) is 5.54 Å². The summed E-state index contributed by atoms with van der Waals surface area (Å²) in [6, 6.07) is 7.61. The minimum absolute atomic E-state index is 0.204. The molecule has 24 heavy (non-hydrogen) atoms. The monoisotopic (exact) mass is 341 g/mol. The number of nitrogens with zero attached hydrogens (tertiary/aromatic N) is 4. The van der Waals surface area contributed by atoms with Gasteiger partial charge in [-0.1, -0.05) is 23.7 Å². The van der Waals surface area contributed by atoms with Crippen molar-refractivity contribution < 1.29 is 0 Å². The molecular formula is C18H20ClN5. The molecule has 1 saturated carbocycles. The van der Waals surface area contributed by atoms with Crippen LogP contribution in [0.2, 0.25) is 5.02 Å². The predicted octanol–water partition coefficient (Wildman–Crippen LogP) is 4.36. The predicted molar refractivity (Wildman–Crippen MR) is 97.2 cm³/mol. The van der Waals surface area contributed by atoms with Crippen LogP contribution in [0, 0.1) is 0 Å². The SMILES string of the molecule is CC(C)(C)n1nc(-c2ccc(Cl)cc2)c2c(N)nc(C3CC3)nc21. The van der Waals surface area contributed by atoms with Gasteiger partial charge >= 0.3 is 0 Å². The Bertz CT molecular complexity index is 917. The second kappa shape index (κ2) is 5.18. The van der Waals surface area contributed by atoms with Crippen LogP contribution in [0.1, 0.15) is 45.4 Å². The molecule has 1 aliphatic carbocycles. The fourth-order valence-electron chi connectivity index (χ4n) is 2.86. The number of aromatic nitrogens is 4. The van der Waals surface area contributed by atoms with E-state index in [1.807, 2.05) is 28.9 Å². The zero-order valence-corrected chi connectivity index (χ0v) is 14.8. The van der Waals surface area contributed by atoms with Crippen LogP contribution in [0.4, 0.5) is 5.82 Å². The average molecular weight is 342 g/mol. The number of nitrogen functional groups attached to an aromatic ring is 1. The Hall–Kier alpha value is -2.14. The first-order valence-electron chi connectivity index (χ1n) is 8.17. The van der Waals surface area contributed by atoms with Gasteiger partial charge in [-0.3, -0.25) is 0 Å². The average Bonchev–Trinajstić information content (AvgIpc) is 3.27. The zero-order chi connectivity index (χ0) is 17.1. The third kappa shape index (κ3) is 2.53. The largest absolute Gasteiger partial charge is 0.383 e. The Morgan fingerprint density at radius 3 is 2.38 bits per heavy atom. The molecule has 2 N–H and O–H groups in total. The molecule has 1 aromatic carbocycles. The Kier molecular flexibility index (Phi) is 3.32. The fraction of sp³-hybridized carbons (Fsp3) is 0.389. The van der Waals surface area contributed by atoms with Crippen LogP contribution in [0.25, 0.3) is 22.3 Å². The highest BCUT2D eigenvalue weighted by Gasteiger charge is 2.30. The molecule has 0 bridgehead atoms. The summed E-state index contributed by atoms with van der Waals surface area (Å²) in [5, 5.41) is 6.34. The van der Waals surface area contributed by atoms with Crippen LogP contribution in [0.5, 0.6) is 0 Å². The van der Waals surface area contributed by atoms with Gasteiger partial charge in [0.05, 0.1) is 10.9 Å². The van der Waals surface area contributed by atoms with Gasteiger partial charge in [0.2, 0.25) is 0 Å². The van der Waals surface area contributed by atoms with Gasteiger partial charge in [0, 0.05) is 16.5 Å². The number of hydrogen-bond acceptors (Lipinski definition) is 4. The molecule has 1 aliphatic rings. The maximum atomic E-state index is 6.32. The summed E-state index contributed by atoms with van der Waals surface area (Å²) in [4.78, 5) is 9.36. The highest BCUT2D eigenvalue weighted by atomic mass is 35.5. The smallest absolute Gasteiger partial charge is 0.164 e. The number of benzene rings is 1. The summed E-state index contributed by atoms with van der Waals surface area (Å²) in [6.45, 7) is 6.33. The maximum Gasteiger partial charge on any atom is 0.164 e. The first kappa shape index (κ1) is 15.4. The van der Waals surface area contributed by atoms with Gasteiger partial charge in [0.1, 0.15) is 17.3 Å². The number of hydrogen-bond donors (Lipinski definition) is 1. The van der Waals surface area contributed by atoms with Crippen molar-refractivity contribution >= 4 is 28.5 Å². The molecule has 3 aromatic rings. The van der Waals surface area contributed by atoms with E-state index >= 15 is 0 Å². The first-order valence-corrected chi connectivity index (χ1v) is 8.55. The van der Waals surface area contributed by atoms with Crippen LogP contribution in [0.3, 0.4) is 0 Å². The summed E-state index contributed by atoms with van der Waals surface area (Å²) in [5.74, 6) is 1.79. The van der Waals surface area contributed by atoms with E-state index in [1.165, 1.54) is 0 Å². The van der Waals surface area contributed by atoms with Crippen molar-refractivity contribution in [3.8, 4) is 11.3 Å². The van der Waals surface area contributed by atoms with Gasteiger partial charge in [0.15, 0.2) is 5.65 Å². The molecule has 0 radical (unpaired) electrons.